The Morgan fingerprint density at radius 2 is 2.22 bits per heavy atom. The molecule has 0 bridgehead atoms. The van der Waals surface area contributed by atoms with Gasteiger partial charge < -0.3 is 9.88 Å². The van der Waals surface area contributed by atoms with E-state index in [0.717, 1.165) is 29.4 Å². The van der Waals surface area contributed by atoms with Gasteiger partial charge >= 0.3 is 0 Å². The number of aryl methyl sites for hydroxylation is 2. The van der Waals surface area contributed by atoms with Crippen molar-refractivity contribution in [3.05, 3.63) is 35.1 Å². The average molecular weight is 353 g/mol. The molecule has 0 unspecified atom stereocenters. The Morgan fingerprint density at radius 1 is 1.39 bits per heavy atom. The fraction of sp³-hybridized carbons (Fsp3) is 0.438. The lowest BCUT2D eigenvalue weighted by atomic mass is 10.2. The summed E-state index contributed by atoms with van der Waals surface area (Å²) in [6.45, 7) is 4.99. The van der Waals surface area contributed by atoms with Crippen molar-refractivity contribution in [2.45, 2.75) is 44.8 Å². The van der Waals surface area contributed by atoms with Gasteiger partial charge in [-0.25, -0.2) is 0 Å². The summed E-state index contributed by atoms with van der Waals surface area (Å²) in [6, 6.07) is 5.45. The number of carbonyl (C=O) groups excluding carboxylic acids is 1. The molecule has 124 valence electrons. The minimum atomic E-state index is -0.0801. The van der Waals surface area contributed by atoms with E-state index in [2.05, 4.69) is 22.4 Å². The van der Waals surface area contributed by atoms with E-state index in [-0.39, 0.29) is 5.91 Å². The van der Waals surface area contributed by atoms with Crippen molar-refractivity contribution in [2.75, 3.05) is 11.1 Å². The molecule has 5 nitrogen and oxygen atoms in total. The number of unbranched alkanes of at least 4 members (excludes halogenated alkanes) is 2. The molecule has 1 aromatic carbocycles. The van der Waals surface area contributed by atoms with Crippen LogP contribution in [0.2, 0.25) is 5.02 Å². The first-order chi connectivity index (χ1) is 11.1. The van der Waals surface area contributed by atoms with Crippen LogP contribution in [0.3, 0.4) is 0 Å². The SMILES string of the molecule is CCCCCn1cnnc1SCC(=O)Nc1cc(Cl)ccc1C. The third-order valence-electron chi connectivity index (χ3n) is 3.39. The van der Waals surface area contributed by atoms with Gasteiger partial charge in [-0.2, -0.15) is 0 Å². The molecule has 7 heteroatoms. The molecule has 0 aliphatic heterocycles. The first-order valence-electron chi connectivity index (χ1n) is 7.66. The molecule has 0 saturated heterocycles. The molecule has 1 aromatic heterocycles. The number of nitrogens with zero attached hydrogens (tertiary/aromatic N) is 3. The summed E-state index contributed by atoms with van der Waals surface area (Å²) in [7, 11) is 0. The van der Waals surface area contributed by atoms with Crippen molar-refractivity contribution in [2.24, 2.45) is 0 Å². The van der Waals surface area contributed by atoms with Gasteiger partial charge in [-0.1, -0.05) is 49.2 Å². The van der Waals surface area contributed by atoms with Crippen LogP contribution in [0.4, 0.5) is 5.69 Å². The van der Waals surface area contributed by atoms with E-state index in [1.165, 1.54) is 24.6 Å². The highest BCUT2D eigenvalue weighted by Crippen LogP contribution is 2.21. The average Bonchev–Trinajstić information content (AvgIpc) is 2.97. The predicted molar refractivity (Wildman–Crippen MR) is 95.1 cm³/mol. The molecule has 0 spiro atoms. The molecule has 1 amide bonds. The fourth-order valence-corrected chi connectivity index (χ4v) is 3.00. The van der Waals surface area contributed by atoms with Crippen molar-refractivity contribution in [3.8, 4) is 0 Å². The fourth-order valence-electron chi connectivity index (χ4n) is 2.09. The molecule has 23 heavy (non-hydrogen) atoms. The Labute approximate surface area is 145 Å². The number of nitrogens with one attached hydrogen (secondary N) is 1. The standard InChI is InChI=1S/C16H21ClN4OS/c1-3-4-5-8-21-11-18-20-16(21)23-10-15(22)19-14-9-13(17)7-6-12(14)2/h6-7,9,11H,3-5,8,10H2,1-2H3,(H,19,22). The Bertz CT molecular complexity index is 659. The van der Waals surface area contributed by atoms with Crippen molar-refractivity contribution in [1.29, 1.82) is 0 Å². The summed E-state index contributed by atoms with van der Waals surface area (Å²) in [6.07, 6.45) is 5.16. The van der Waals surface area contributed by atoms with Gasteiger partial charge in [0.15, 0.2) is 5.16 Å². The number of rotatable bonds is 8. The molecule has 1 heterocycles. The zero-order valence-electron chi connectivity index (χ0n) is 13.4. The van der Waals surface area contributed by atoms with E-state index in [9.17, 15) is 4.79 Å². The van der Waals surface area contributed by atoms with Crippen LogP contribution in [0.25, 0.3) is 0 Å². The van der Waals surface area contributed by atoms with E-state index in [1.54, 1.807) is 18.5 Å². The molecular formula is C16H21ClN4OS. The minimum Gasteiger partial charge on any atom is -0.325 e. The second kappa shape index (κ2) is 8.93. The Kier molecular flexibility index (Phi) is 6.92. The maximum atomic E-state index is 12.1. The van der Waals surface area contributed by atoms with Crippen LogP contribution in [0.5, 0.6) is 0 Å². The maximum absolute atomic E-state index is 12.1. The van der Waals surface area contributed by atoms with Gasteiger partial charge in [-0.15, -0.1) is 10.2 Å². The number of anilines is 1. The molecular weight excluding hydrogens is 332 g/mol. The molecule has 2 rings (SSSR count). The lowest BCUT2D eigenvalue weighted by molar-refractivity contribution is -0.113. The number of benzene rings is 1. The van der Waals surface area contributed by atoms with E-state index in [4.69, 9.17) is 11.6 Å². The van der Waals surface area contributed by atoms with Gasteiger partial charge in [0.05, 0.1) is 5.75 Å². The molecule has 0 saturated carbocycles. The molecule has 0 atom stereocenters. The van der Waals surface area contributed by atoms with Gasteiger partial charge in [-0.05, 0) is 31.0 Å². The zero-order valence-corrected chi connectivity index (χ0v) is 15.0. The number of halogens is 1. The van der Waals surface area contributed by atoms with Gasteiger partial charge in [0, 0.05) is 17.3 Å². The first-order valence-corrected chi connectivity index (χ1v) is 9.03. The molecule has 2 aromatic rings. The van der Waals surface area contributed by atoms with Crippen molar-refractivity contribution in [3.63, 3.8) is 0 Å². The second-order valence-electron chi connectivity index (χ2n) is 5.31. The first kappa shape index (κ1) is 17.8. The summed E-state index contributed by atoms with van der Waals surface area (Å²) < 4.78 is 2.00. The number of carbonyl (C=O) groups is 1. The summed E-state index contributed by atoms with van der Waals surface area (Å²) in [5, 5.41) is 12.3. The smallest absolute Gasteiger partial charge is 0.234 e. The second-order valence-corrected chi connectivity index (χ2v) is 6.69. The lowest BCUT2D eigenvalue weighted by Crippen LogP contribution is -2.15. The van der Waals surface area contributed by atoms with Crippen molar-refractivity contribution < 1.29 is 4.79 Å². The number of aromatic nitrogens is 3. The predicted octanol–water partition coefficient (Wildman–Crippen LogP) is 4.16. The van der Waals surface area contributed by atoms with Crippen LogP contribution >= 0.6 is 23.4 Å². The highest BCUT2D eigenvalue weighted by atomic mass is 35.5. The summed E-state index contributed by atoms with van der Waals surface area (Å²) in [4.78, 5) is 12.1. The van der Waals surface area contributed by atoms with Gasteiger partial charge in [0.25, 0.3) is 0 Å². The van der Waals surface area contributed by atoms with Crippen LogP contribution < -0.4 is 5.32 Å². The van der Waals surface area contributed by atoms with E-state index in [0.29, 0.717) is 10.8 Å². The van der Waals surface area contributed by atoms with Crippen molar-refractivity contribution >= 4 is 35.0 Å². The summed E-state index contributed by atoms with van der Waals surface area (Å²) >= 11 is 7.36. The van der Waals surface area contributed by atoms with Crippen LogP contribution in [-0.2, 0) is 11.3 Å². The number of hydrogen-bond donors (Lipinski definition) is 1. The Morgan fingerprint density at radius 3 is 3.00 bits per heavy atom. The van der Waals surface area contributed by atoms with Crippen LogP contribution in [0.1, 0.15) is 31.7 Å². The van der Waals surface area contributed by atoms with Crippen molar-refractivity contribution in [1.82, 2.24) is 14.8 Å². The van der Waals surface area contributed by atoms with Crippen LogP contribution in [0, 0.1) is 6.92 Å². The zero-order chi connectivity index (χ0) is 16.7. The van der Waals surface area contributed by atoms with Gasteiger partial charge in [0.1, 0.15) is 6.33 Å². The largest absolute Gasteiger partial charge is 0.325 e. The van der Waals surface area contributed by atoms with Crippen LogP contribution in [0.15, 0.2) is 29.7 Å². The topological polar surface area (TPSA) is 59.8 Å². The van der Waals surface area contributed by atoms with Gasteiger partial charge in [-0.3, -0.25) is 4.79 Å². The molecule has 0 fully saturated rings. The Hall–Kier alpha value is -1.53. The van der Waals surface area contributed by atoms with Crippen LogP contribution in [-0.4, -0.2) is 26.4 Å². The highest BCUT2D eigenvalue weighted by molar-refractivity contribution is 7.99. The number of amides is 1. The van der Waals surface area contributed by atoms with Gasteiger partial charge in [0.2, 0.25) is 5.91 Å². The lowest BCUT2D eigenvalue weighted by Gasteiger charge is -2.09. The van der Waals surface area contributed by atoms with E-state index < -0.39 is 0 Å². The third kappa shape index (κ3) is 5.55. The number of thioether (sulfide) groups is 1. The normalized spacial score (nSPS) is 10.7. The molecule has 0 radical (unpaired) electrons. The number of hydrogen-bond acceptors (Lipinski definition) is 4. The highest BCUT2D eigenvalue weighted by Gasteiger charge is 2.10. The maximum Gasteiger partial charge on any atom is 0.234 e. The minimum absolute atomic E-state index is 0.0801. The Balaban J connectivity index is 1.87. The summed E-state index contributed by atoms with van der Waals surface area (Å²) in [5.41, 5.74) is 1.72. The summed E-state index contributed by atoms with van der Waals surface area (Å²) in [5.74, 6) is 0.210. The molecule has 0 aliphatic carbocycles. The molecule has 1 N–H and O–H groups in total. The molecule has 0 aliphatic rings. The monoisotopic (exact) mass is 352 g/mol. The van der Waals surface area contributed by atoms with E-state index in [1.807, 2.05) is 17.6 Å². The quantitative estimate of drug-likeness (QED) is 0.572. The third-order valence-corrected chi connectivity index (χ3v) is 4.60. The van der Waals surface area contributed by atoms with E-state index >= 15 is 0 Å².